The molecule has 9 heteroatoms. The highest BCUT2D eigenvalue weighted by Gasteiger charge is 2.26. The molecule has 0 bridgehead atoms. The summed E-state index contributed by atoms with van der Waals surface area (Å²) in [7, 11) is 0. The molecule has 1 N–H and O–H groups in total. The molecular formula is C24H27Cl2FN2O4. The summed E-state index contributed by atoms with van der Waals surface area (Å²) < 4.78 is 18.8. The molecule has 0 radical (unpaired) electrons. The molecule has 0 aromatic heterocycles. The van der Waals surface area contributed by atoms with Crippen LogP contribution >= 0.6 is 23.2 Å². The number of halogens is 3. The first-order valence-corrected chi connectivity index (χ1v) is 11.6. The smallest absolute Gasteiger partial charge is 0.305 e. The molecule has 0 saturated heterocycles. The number of rotatable bonds is 11. The van der Waals surface area contributed by atoms with Gasteiger partial charge in [-0.25, -0.2) is 4.39 Å². The second kappa shape index (κ2) is 12.3. The molecule has 0 aliphatic carbocycles. The van der Waals surface area contributed by atoms with Gasteiger partial charge < -0.3 is 14.7 Å². The Morgan fingerprint density at radius 3 is 2.85 bits per heavy atom. The minimum Gasteiger partial charge on any atom is -0.463 e. The predicted molar refractivity (Wildman–Crippen MR) is 126 cm³/mol. The number of carbonyl (C=O) groups excluding carboxylic acids is 1. The zero-order valence-electron chi connectivity index (χ0n) is 18.3. The molecule has 1 aliphatic heterocycles. The minimum atomic E-state index is -0.892. The van der Waals surface area contributed by atoms with Crippen molar-refractivity contribution in [2.75, 3.05) is 19.7 Å². The number of hydrogen-bond acceptors (Lipinski definition) is 6. The standard InChI is InChI=1S/C24H27Cl2FN2O4/c1-2-4-24(31)32-15-19(30)13-29(12-16-5-3-6-18(27)9-16)14-20-11-23(28-33-20)17-7-8-21(25)22(26)10-17/h3,5-10,19-20,30H,2,4,11-15H2,1H3. The Hall–Kier alpha value is -2.19. The van der Waals surface area contributed by atoms with Crippen molar-refractivity contribution in [3.63, 3.8) is 0 Å². The number of benzene rings is 2. The highest BCUT2D eigenvalue weighted by Crippen LogP contribution is 2.26. The van der Waals surface area contributed by atoms with Crippen molar-refractivity contribution in [3.05, 3.63) is 69.5 Å². The van der Waals surface area contributed by atoms with Gasteiger partial charge in [0.2, 0.25) is 0 Å². The van der Waals surface area contributed by atoms with Crippen LogP contribution in [0.25, 0.3) is 0 Å². The van der Waals surface area contributed by atoms with Crippen molar-refractivity contribution in [3.8, 4) is 0 Å². The number of aliphatic hydroxyl groups excluding tert-OH is 1. The van der Waals surface area contributed by atoms with Crippen LogP contribution in [0.15, 0.2) is 47.6 Å². The predicted octanol–water partition coefficient (Wildman–Crippen LogP) is 4.83. The van der Waals surface area contributed by atoms with Crippen LogP contribution in [0, 0.1) is 5.82 Å². The van der Waals surface area contributed by atoms with Gasteiger partial charge in [0.1, 0.15) is 24.6 Å². The molecule has 1 aliphatic rings. The first-order chi connectivity index (χ1) is 15.8. The van der Waals surface area contributed by atoms with Crippen LogP contribution in [-0.2, 0) is 20.9 Å². The second-order valence-electron chi connectivity index (χ2n) is 8.01. The van der Waals surface area contributed by atoms with Crippen molar-refractivity contribution >= 4 is 34.9 Å². The molecule has 3 rings (SSSR count). The van der Waals surface area contributed by atoms with Gasteiger partial charge in [0.25, 0.3) is 0 Å². The Balaban J connectivity index is 1.62. The fourth-order valence-corrected chi connectivity index (χ4v) is 3.87. The molecule has 6 nitrogen and oxygen atoms in total. The van der Waals surface area contributed by atoms with Gasteiger partial charge in [-0.2, -0.15) is 0 Å². The Kier molecular flexibility index (Phi) is 9.50. The molecule has 178 valence electrons. The summed E-state index contributed by atoms with van der Waals surface area (Å²) in [5.41, 5.74) is 2.33. The Bertz CT molecular complexity index is 989. The van der Waals surface area contributed by atoms with Gasteiger partial charge in [0, 0.05) is 38.0 Å². The second-order valence-corrected chi connectivity index (χ2v) is 8.82. The lowest BCUT2D eigenvalue weighted by molar-refractivity contribution is -0.147. The molecule has 2 unspecified atom stereocenters. The summed E-state index contributed by atoms with van der Waals surface area (Å²) in [6.45, 7) is 2.83. The van der Waals surface area contributed by atoms with Crippen molar-refractivity contribution in [2.45, 2.75) is 44.9 Å². The molecule has 2 aromatic carbocycles. The lowest BCUT2D eigenvalue weighted by Gasteiger charge is -2.27. The molecule has 0 amide bonds. The maximum atomic E-state index is 13.7. The lowest BCUT2D eigenvalue weighted by Crippen LogP contribution is -2.39. The number of nitrogens with zero attached hydrogens (tertiary/aromatic N) is 2. The lowest BCUT2D eigenvalue weighted by atomic mass is 10.0. The first-order valence-electron chi connectivity index (χ1n) is 10.8. The van der Waals surface area contributed by atoms with Gasteiger partial charge >= 0.3 is 5.97 Å². The molecule has 2 aromatic rings. The van der Waals surface area contributed by atoms with Crippen molar-refractivity contribution in [1.29, 1.82) is 0 Å². The van der Waals surface area contributed by atoms with Crippen molar-refractivity contribution in [1.82, 2.24) is 4.90 Å². The maximum Gasteiger partial charge on any atom is 0.305 e. The van der Waals surface area contributed by atoms with E-state index in [4.69, 9.17) is 32.8 Å². The van der Waals surface area contributed by atoms with E-state index in [9.17, 15) is 14.3 Å². The van der Waals surface area contributed by atoms with E-state index in [-0.39, 0.29) is 31.0 Å². The largest absolute Gasteiger partial charge is 0.463 e. The summed E-state index contributed by atoms with van der Waals surface area (Å²) in [6, 6.07) is 11.6. The number of hydrogen-bond donors (Lipinski definition) is 1. The van der Waals surface area contributed by atoms with E-state index in [0.717, 1.165) is 16.8 Å². The summed E-state index contributed by atoms with van der Waals surface area (Å²) in [4.78, 5) is 19.2. The van der Waals surface area contributed by atoms with E-state index in [2.05, 4.69) is 5.16 Å². The highest BCUT2D eigenvalue weighted by atomic mass is 35.5. The Morgan fingerprint density at radius 2 is 2.12 bits per heavy atom. The van der Waals surface area contributed by atoms with E-state index in [0.29, 0.717) is 42.4 Å². The summed E-state index contributed by atoms with van der Waals surface area (Å²) >= 11 is 12.1. The van der Waals surface area contributed by atoms with Gasteiger partial charge in [-0.3, -0.25) is 9.69 Å². The Morgan fingerprint density at radius 1 is 1.30 bits per heavy atom. The van der Waals surface area contributed by atoms with E-state index < -0.39 is 6.10 Å². The van der Waals surface area contributed by atoms with Crippen LogP contribution in [0.2, 0.25) is 10.0 Å². The molecule has 0 fully saturated rings. The zero-order chi connectivity index (χ0) is 23.8. The van der Waals surface area contributed by atoms with E-state index in [1.807, 2.05) is 24.0 Å². The molecule has 1 heterocycles. The quantitative estimate of drug-likeness (QED) is 0.451. The maximum absolute atomic E-state index is 13.7. The van der Waals surface area contributed by atoms with Gasteiger partial charge in [-0.15, -0.1) is 0 Å². The monoisotopic (exact) mass is 496 g/mol. The number of esters is 1. The van der Waals surface area contributed by atoms with E-state index in [1.165, 1.54) is 12.1 Å². The van der Waals surface area contributed by atoms with Gasteiger partial charge in [0.05, 0.1) is 15.8 Å². The number of aliphatic hydroxyl groups is 1. The average molecular weight is 497 g/mol. The molecule has 0 saturated carbocycles. The first kappa shape index (κ1) is 25.4. The summed E-state index contributed by atoms with van der Waals surface area (Å²) in [5, 5.41) is 15.5. The zero-order valence-corrected chi connectivity index (χ0v) is 19.9. The van der Waals surface area contributed by atoms with Gasteiger partial charge in [-0.1, -0.05) is 53.5 Å². The van der Waals surface area contributed by atoms with Crippen molar-refractivity contribution < 1.29 is 23.9 Å². The fraction of sp³-hybridized carbons (Fsp3) is 0.417. The van der Waals surface area contributed by atoms with Crippen LogP contribution in [-0.4, -0.2) is 53.6 Å². The highest BCUT2D eigenvalue weighted by molar-refractivity contribution is 6.42. The van der Waals surface area contributed by atoms with E-state index >= 15 is 0 Å². The number of ether oxygens (including phenoxy) is 1. The van der Waals surface area contributed by atoms with Crippen molar-refractivity contribution in [2.24, 2.45) is 5.16 Å². The summed E-state index contributed by atoms with van der Waals surface area (Å²) in [5.74, 6) is -0.670. The van der Waals surface area contributed by atoms with E-state index in [1.54, 1.807) is 18.2 Å². The Labute approximate surface area is 202 Å². The number of oxime groups is 1. The average Bonchev–Trinajstić information content (AvgIpc) is 3.23. The molecule has 2 atom stereocenters. The van der Waals surface area contributed by atoms with Crippen LogP contribution in [0.3, 0.4) is 0 Å². The molecule has 33 heavy (non-hydrogen) atoms. The molecular weight excluding hydrogens is 470 g/mol. The third kappa shape index (κ3) is 7.96. The van der Waals surface area contributed by atoms with Crippen LogP contribution < -0.4 is 0 Å². The normalized spacial score (nSPS) is 16.4. The third-order valence-electron chi connectivity index (χ3n) is 5.10. The van der Waals surface area contributed by atoms with Gasteiger partial charge in [0.15, 0.2) is 0 Å². The third-order valence-corrected chi connectivity index (χ3v) is 5.84. The number of carbonyl (C=O) groups is 1. The fourth-order valence-electron chi connectivity index (χ4n) is 3.57. The van der Waals surface area contributed by atoms with Crippen LogP contribution in [0.4, 0.5) is 4.39 Å². The van der Waals surface area contributed by atoms with Gasteiger partial charge in [-0.05, 0) is 36.2 Å². The topological polar surface area (TPSA) is 71.4 Å². The minimum absolute atomic E-state index is 0.102. The molecule has 0 spiro atoms. The summed E-state index contributed by atoms with van der Waals surface area (Å²) in [6.07, 6.45) is 0.374. The van der Waals surface area contributed by atoms with Crippen LogP contribution in [0.5, 0.6) is 0 Å². The van der Waals surface area contributed by atoms with Crippen LogP contribution in [0.1, 0.15) is 37.3 Å². The SMILES string of the molecule is CCCC(=O)OCC(O)CN(Cc1cccc(F)c1)CC1CC(c2ccc(Cl)c(Cl)c2)=NO1.